The van der Waals surface area contributed by atoms with Gasteiger partial charge in [-0.2, -0.15) is 4.98 Å². The summed E-state index contributed by atoms with van der Waals surface area (Å²) in [6, 6.07) is 5.77. The van der Waals surface area contributed by atoms with E-state index in [1.807, 2.05) is 26.0 Å². The number of ether oxygens (including phenoxy) is 1. The molecule has 0 aliphatic heterocycles. The number of hydrogen-bond donors (Lipinski definition) is 0. The van der Waals surface area contributed by atoms with E-state index < -0.39 is 0 Å². The van der Waals surface area contributed by atoms with Crippen LogP contribution in [-0.2, 0) is 6.42 Å². The van der Waals surface area contributed by atoms with Crippen LogP contribution >= 0.6 is 31.9 Å². The number of benzene rings is 1. The molecule has 0 saturated heterocycles. The van der Waals surface area contributed by atoms with Crippen LogP contribution < -0.4 is 4.74 Å². The van der Waals surface area contributed by atoms with Crippen LogP contribution in [0.3, 0.4) is 0 Å². The Kier molecular flexibility index (Phi) is 5.16. The second-order valence-corrected chi connectivity index (χ2v) is 6.27. The molecule has 0 aliphatic carbocycles. The molecule has 1 heterocycles. The molecule has 0 amide bonds. The molecule has 0 N–H and O–H groups in total. The normalized spacial score (nSPS) is 10.7. The Morgan fingerprint density at radius 2 is 1.70 bits per heavy atom. The molecular formula is C15H16Br2N2O. The quantitative estimate of drug-likeness (QED) is 0.648. The van der Waals surface area contributed by atoms with Gasteiger partial charge in [0.2, 0.25) is 5.88 Å². The van der Waals surface area contributed by atoms with Gasteiger partial charge in [0.1, 0.15) is 16.2 Å². The van der Waals surface area contributed by atoms with Crippen LogP contribution in [0.5, 0.6) is 11.6 Å². The molecular weight excluding hydrogens is 384 g/mol. The van der Waals surface area contributed by atoms with E-state index in [1.54, 1.807) is 6.07 Å². The zero-order chi connectivity index (χ0) is 14.7. The first-order valence-electron chi connectivity index (χ1n) is 6.47. The molecule has 2 rings (SSSR count). The van der Waals surface area contributed by atoms with Crippen molar-refractivity contribution in [1.82, 2.24) is 9.97 Å². The monoisotopic (exact) mass is 398 g/mol. The van der Waals surface area contributed by atoms with Gasteiger partial charge in [-0.25, -0.2) is 4.98 Å². The van der Waals surface area contributed by atoms with Gasteiger partial charge in [0.05, 0.1) is 0 Å². The lowest BCUT2D eigenvalue weighted by atomic mass is 10.1. The van der Waals surface area contributed by atoms with Crippen molar-refractivity contribution < 1.29 is 4.74 Å². The molecule has 0 bridgehead atoms. The Balaban J connectivity index is 2.30. The Morgan fingerprint density at radius 3 is 2.30 bits per heavy atom. The van der Waals surface area contributed by atoms with Gasteiger partial charge in [-0.05, 0) is 59.5 Å². The summed E-state index contributed by atoms with van der Waals surface area (Å²) >= 11 is 6.95. The first-order chi connectivity index (χ1) is 9.49. The Morgan fingerprint density at radius 1 is 1.05 bits per heavy atom. The van der Waals surface area contributed by atoms with Crippen LogP contribution in [0.2, 0.25) is 0 Å². The number of aromatic nitrogens is 2. The molecule has 106 valence electrons. The minimum Gasteiger partial charge on any atom is -0.439 e. The molecule has 0 spiro atoms. The van der Waals surface area contributed by atoms with Crippen molar-refractivity contribution in [3.05, 3.63) is 44.2 Å². The summed E-state index contributed by atoms with van der Waals surface area (Å²) in [5.41, 5.74) is 2.28. The standard InChI is InChI=1S/C15H16Br2N2O/c1-4-5-13-18-12(16)8-14(19-13)20-11-6-9(2)15(17)10(3)7-11/h6-8H,4-5H2,1-3H3. The van der Waals surface area contributed by atoms with E-state index in [0.29, 0.717) is 5.88 Å². The molecule has 0 aliphatic rings. The van der Waals surface area contributed by atoms with Crippen molar-refractivity contribution in [2.45, 2.75) is 33.6 Å². The van der Waals surface area contributed by atoms with Crippen molar-refractivity contribution in [1.29, 1.82) is 0 Å². The molecule has 0 radical (unpaired) electrons. The fourth-order valence-electron chi connectivity index (χ4n) is 1.92. The molecule has 0 fully saturated rings. The zero-order valence-electron chi connectivity index (χ0n) is 11.7. The molecule has 0 unspecified atom stereocenters. The largest absolute Gasteiger partial charge is 0.439 e. The minimum absolute atomic E-state index is 0.566. The highest BCUT2D eigenvalue weighted by Crippen LogP contribution is 2.29. The lowest BCUT2D eigenvalue weighted by Gasteiger charge is -2.10. The predicted molar refractivity (Wildman–Crippen MR) is 87.4 cm³/mol. The van der Waals surface area contributed by atoms with Crippen molar-refractivity contribution in [3.63, 3.8) is 0 Å². The van der Waals surface area contributed by atoms with Crippen LogP contribution in [0, 0.1) is 13.8 Å². The van der Waals surface area contributed by atoms with Crippen molar-refractivity contribution in [2.75, 3.05) is 0 Å². The van der Waals surface area contributed by atoms with Gasteiger partial charge in [-0.15, -0.1) is 0 Å². The second kappa shape index (κ2) is 6.68. The van der Waals surface area contributed by atoms with Gasteiger partial charge < -0.3 is 4.74 Å². The molecule has 1 aromatic heterocycles. The number of nitrogens with zero attached hydrogens (tertiary/aromatic N) is 2. The highest BCUT2D eigenvalue weighted by atomic mass is 79.9. The van der Waals surface area contributed by atoms with E-state index in [9.17, 15) is 0 Å². The van der Waals surface area contributed by atoms with Crippen LogP contribution in [0.25, 0.3) is 0 Å². The molecule has 20 heavy (non-hydrogen) atoms. The maximum absolute atomic E-state index is 5.86. The predicted octanol–water partition coefficient (Wildman–Crippen LogP) is 5.36. The molecule has 5 heteroatoms. The summed E-state index contributed by atoms with van der Waals surface area (Å²) in [6.45, 7) is 6.19. The summed E-state index contributed by atoms with van der Waals surface area (Å²) in [5.74, 6) is 2.15. The second-order valence-electron chi connectivity index (χ2n) is 4.67. The Hall–Kier alpha value is -0.940. The van der Waals surface area contributed by atoms with E-state index in [2.05, 4.69) is 48.8 Å². The van der Waals surface area contributed by atoms with Crippen molar-refractivity contribution in [2.24, 2.45) is 0 Å². The van der Waals surface area contributed by atoms with Crippen LogP contribution in [-0.4, -0.2) is 9.97 Å². The third kappa shape index (κ3) is 3.79. The summed E-state index contributed by atoms with van der Waals surface area (Å²) < 4.78 is 7.72. The van der Waals surface area contributed by atoms with Crippen molar-refractivity contribution >= 4 is 31.9 Å². The van der Waals surface area contributed by atoms with Gasteiger partial charge in [0.15, 0.2) is 0 Å². The van der Waals surface area contributed by atoms with Gasteiger partial charge >= 0.3 is 0 Å². The van der Waals surface area contributed by atoms with Crippen LogP contribution in [0.4, 0.5) is 0 Å². The third-order valence-corrected chi connectivity index (χ3v) is 4.48. The lowest BCUT2D eigenvalue weighted by Crippen LogP contribution is -1.98. The topological polar surface area (TPSA) is 35.0 Å². The average Bonchev–Trinajstić information content (AvgIpc) is 2.35. The minimum atomic E-state index is 0.566. The summed E-state index contributed by atoms with van der Waals surface area (Å²) in [5, 5.41) is 0. The summed E-state index contributed by atoms with van der Waals surface area (Å²) in [4.78, 5) is 8.76. The maximum Gasteiger partial charge on any atom is 0.223 e. The fraction of sp³-hybridized carbons (Fsp3) is 0.333. The van der Waals surface area contributed by atoms with E-state index in [4.69, 9.17) is 4.74 Å². The number of hydrogen-bond acceptors (Lipinski definition) is 3. The first kappa shape index (κ1) is 15.4. The molecule has 0 atom stereocenters. The smallest absolute Gasteiger partial charge is 0.223 e. The lowest BCUT2D eigenvalue weighted by molar-refractivity contribution is 0.456. The van der Waals surface area contributed by atoms with E-state index in [0.717, 1.165) is 44.6 Å². The van der Waals surface area contributed by atoms with E-state index in [-0.39, 0.29) is 0 Å². The number of aryl methyl sites for hydroxylation is 3. The number of rotatable bonds is 4. The van der Waals surface area contributed by atoms with Gasteiger partial charge in [-0.1, -0.05) is 22.9 Å². The van der Waals surface area contributed by atoms with Crippen molar-refractivity contribution in [3.8, 4) is 11.6 Å². The van der Waals surface area contributed by atoms with E-state index >= 15 is 0 Å². The molecule has 2 aromatic rings. The third-order valence-electron chi connectivity index (χ3n) is 2.82. The van der Waals surface area contributed by atoms with E-state index in [1.165, 1.54) is 0 Å². The van der Waals surface area contributed by atoms with Gasteiger partial charge in [0, 0.05) is 17.0 Å². The van der Waals surface area contributed by atoms with Gasteiger partial charge in [-0.3, -0.25) is 0 Å². The Bertz CT molecular complexity index is 606. The average molecular weight is 400 g/mol. The summed E-state index contributed by atoms with van der Waals surface area (Å²) in [7, 11) is 0. The first-order valence-corrected chi connectivity index (χ1v) is 8.06. The molecule has 1 aromatic carbocycles. The Labute approximate surface area is 136 Å². The van der Waals surface area contributed by atoms with Crippen LogP contribution in [0.1, 0.15) is 30.3 Å². The molecule has 0 saturated carbocycles. The fourth-order valence-corrected chi connectivity index (χ4v) is 2.54. The maximum atomic E-state index is 5.86. The number of halogens is 2. The summed E-state index contributed by atoms with van der Waals surface area (Å²) in [6.07, 6.45) is 1.85. The van der Waals surface area contributed by atoms with Gasteiger partial charge in [0.25, 0.3) is 0 Å². The molecule has 3 nitrogen and oxygen atoms in total. The van der Waals surface area contributed by atoms with Crippen LogP contribution in [0.15, 0.2) is 27.3 Å². The highest BCUT2D eigenvalue weighted by molar-refractivity contribution is 9.10. The SMILES string of the molecule is CCCc1nc(Br)cc(Oc2cc(C)c(Br)c(C)c2)n1. The highest BCUT2D eigenvalue weighted by Gasteiger charge is 2.07. The zero-order valence-corrected chi connectivity index (χ0v) is 14.9.